The molecule has 106 valence electrons. The van der Waals surface area contributed by atoms with Crippen LogP contribution in [0.1, 0.15) is 49.6 Å². The summed E-state index contributed by atoms with van der Waals surface area (Å²) in [6.07, 6.45) is 2.51. The highest BCUT2D eigenvalue weighted by Gasteiger charge is 2.45. The number of carboxylic acid groups (broad SMARTS) is 1. The monoisotopic (exact) mass is 281 g/mol. The van der Waals surface area contributed by atoms with E-state index in [0.29, 0.717) is 12.6 Å². The van der Waals surface area contributed by atoms with E-state index in [4.69, 9.17) is 0 Å². The quantitative estimate of drug-likeness (QED) is 0.894. The lowest BCUT2D eigenvalue weighted by molar-refractivity contribution is -0.148. The molecule has 1 aliphatic rings. The number of thiophene rings is 1. The molecule has 1 aromatic rings. The summed E-state index contributed by atoms with van der Waals surface area (Å²) >= 11 is 1.78. The molecule has 1 N–H and O–H groups in total. The largest absolute Gasteiger partial charge is 0.481 e. The third-order valence-electron chi connectivity index (χ3n) is 4.39. The van der Waals surface area contributed by atoms with E-state index in [1.807, 2.05) is 0 Å². The van der Waals surface area contributed by atoms with Gasteiger partial charge in [0.1, 0.15) is 0 Å². The van der Waals surface area contributed by atoms with Crippen LogP contribution in [-0.2, 0) is 4.79 Å². The third-order valence-corrected chi connectivity index (χ3v) is 5.58. The fourth-order valence-electron chi connectivity index (χ4n) is 3.18. The molecule has 0 saturated carbocycles. The molecule has 0 bridgehead atoms. The van der Waals surface area contributed by atoms with Crippen molar-refractivity contribution in [1.82, 2.24) is 4.90 Å². The number of likely N-dealkylation sites (tertiary alicyclic amines) is 1. The van der Waals surface area contributed by atoms with Crippen LogP contribution < -0.4 is 0 Å². The Morgan fingerprint density at radius 1 is 1.63 bits per heavy atom. The molecule has 1 fully saturated rings. The number of hydrogen-bond acceptors (Lipinski definition) is 3. The lowest BCUT2D eigenvalue weighted by atomic mass is 9.83. The predicted molar refractivity (Wildman–Crippen MR) is 78.6 cm³/mol. The second kappa shape index (κ2) is 5.63. The van der Waals surface area contributed by atoms with Crippen LogP contribution in [-0.4, -0.2) is 29.1 Å². The summed E-state index contributed by atoms with van der Waals surface area (Å²) in [6, 6.07) is 2.47. The molecule has 2 atom stereocenters. The number of carboxylic acids is 1. The molecule has 19 heavy (non-hydrogen) atoms. The number of nitrogens with zero attached hydrogens (tertiary/aromatic N) is 1. The van der Waals surface area contributed by atoms with Crippen LogP contribution in [0.2, 0.25) is 0 Å². The molecular formula is C15H23NO2S. The summed E-state index contributed by atoms with van der Waals surface area (Å²) in [6.45, 7) is 7.98. The molecule has 1 aliphatic heterocycles. The Morgan fingerprint density at radius 3 is 2.89 bits per heavy atom. The molecule has 2 rings (SSSR count). The second-order valence-electron chi connectivity index (χ2n) is 5.70. The molecule has 3 nitrogen and oxygen atoms in total. The molecule has 0 amide bonds. The van der Waals surface area contributed by atoms with Crippen LogP contribution in [0.25, 0.3) is 0 Å². The Bertz CT molecular complexity index is 457. The van der Waals surface area contributed by atoms with Crippen molar-refractivity contribution in [3.8, 4) is 0 Å². The topological polar surface area (TPSA) is 40.5 Å². The van der Waals surface area contributed by atoms with Gasteiger partial charge < -0.3 is 5.11 Å². The van der Waals surface area contributed by atoms with Gasteiger partial charge in [-0.15, -0.1) is 11.3 Å². The van der Waals surface area contributed by atoms with Crippen molar-refractivity contribution in [3.63, 3.8) is 0 Å². The Hall–Kier alpha value is -0.870. The van der Waals surface area contributed by atoms with E-state index < -0.39 is 11.4 Å². The SMILES string of the molecule is CCCC1(C(=O)O)CCN(C(C)c2sccc2C)C1. The molecule has 2 unspecified atom stereocenters. The van der Waals surface area contributed by atoms with Gasteiger partial charge in [0.2, 0.25) is 0 Å². The van der Waals surface area contributed by atoms with Crippen LogP contribution in [0.5, 0.6) is 0 Å². The van der Waals surface area contributed by atoms with Gasteiger partial charge in [0.25, 0.3) is 0 Å². The van der Waals surface area contributed by atoms with Gasteiger partial charge in [0, 0.05) is 17.5 Å². The highest BCUT2D eigenvalue weighted by atomic mass is 32.1. The van der Waals surface area contributed by atoms with E-state index in [1.165, 1.54) is 10.4 Å². The van der Waals surface area contributed by atoms with Crippen molar-refractivity contribution in [1.29, 1.82) is 0 Å². The fraction of sp³-hybridized carbons (Fsp3) is 0.667. The highest BCUT2D eigenvalue weighted by Crippen LogP contribution is 2.40. The van der Waals surface area contributed by atoms with Gasteiger partial charge in [0.05, 0.1) is 5.41 Å². The first-order valence-electron chi connectivity index (χ1n) is 7.01. The molecule has 0 aromatic carbocycles. The van der Waals surface area contributed by atoms with Gasteiger partial charge in [-0.25, -0.2) is 0 Å². The summed E-state index contributed by atoms with van der Waals surface area (Å²) in [5.74, 6) is -0.619. The van der Waals surface area contributed by atoms with Gasteiger partial charge in [-0.2, -0.15) is 0 Å². The van der Waals surface area contributed by atoms with Crippen LogP contribution in [0.3, 0.4) is 0 Å². The average Bonchev–Trinajstić information content (AvgIpc) is 2.96. The second-order valence-corrected chi connectivity index (χ2v) is 6.65. The number of aliphatic carboxylic acids is 1. The van der Waals surface area contributed by atoms with Crippen LogP contribution >= 0.6 is 11.3 Å². The van der Waals surface area contributed by atoms with Gasteiger partial charge >= 0.3 is 5.97 Å². The predicted octanol–water partition coefficient (Wildman–Crippen LogP) is 3.69. The summed E-state index contributed by atoms with van der Waals surface area (Å²) in [7, 11) is 0. The van der Waals surface area contributed by atoms with E-state index in [2.05, 4.69) is 37.1 Å². The smallest absolute Gasteiger partial charge is 0.310 e. The van der Waals surface area contributed by atoms with Crippen molar-refractivity contribution < 1.29 is 9.90 Å². The molecule has 4 heteroatoms. The zero-order valence-corrected chi connectivity index (χ0v) is 12.8. The van der Waals surface area contributed by atoms with Crippen LogP contribution in [0, 0.1) is 12.3 Å². The minimum absolute atomic E-state index is 0.332. The van der Waals surface area contributed by atoms with E-state index in [9.17, 15) is 9.90 Å². The van der Waals surface area contributed by atoms with E-state index in [0.717, 1.165) is 25.8 Å². The van der Waals surface area contributed by atoms with Gasteiger partial charge in [-0.1, -0.05) is 13.3 Å². The first-order valence-corrected chi connectivity index (χ1v) is 7.89. The number of carbonyl (C=O) groups is 1. The van der Waals surface area contributed by atoms with Gasteiger partial charge in [-0.3, -0.25) is 9.69 Å². The molecule has 0 aliphatic carbocycles. The van der Waals surface area contributed by atoms with Gasteiger partial charge in [0.15, 0.2) is 0 Å². The first kappa shape index (κ1) is 14.5. The van der Waals surface area contributed by atoms with Crippen molar-refractivity contribution in [2.45, 2.75) is 46.1 Å². The number of aryl methyl sites for hydroxylation is 1. The lowest BCUT2D eigenvalue weighted by Crippen LogP contribution is -2.35. The molecule has 0 spiro atoms. The lowest BCUT2D eigenvalue weighted by Gasteiger charge is -2.28. The first-order chi connectivity index (χ1) is 9.00. The minimum Gasteiger partial charge on any atom is -0.481 e. The zero-order chi connectivity index (χ0) is 14.0. The minimum atomic E-state index is -0.619. The highest BCUT2D eigenvalue weighted by molar-refractivity contribution is 7.10. The molecule has 1 aromatic heterocycles. The fourth-order valence-corrected chi connectivity index (χ4v) is 4.20. The molecule has 0 radical (unpaired) electrons. The zero-order valence-electron chi connectivity index (χ0n) is 12.0. The van der Waals surface area contributed by atoms with E-state index >= 15 is 0 Å². The van der Waals surface area contributed by atoms with E-state index in [-0.39, 0.29) is 0 Å². The third kappa shape index (κ3) is 2.70. The normalized spacial score (nSPS) is 25.6. The van der Waals surface area contributed by atoms with Crippen LogP contribution in [0.15, 0.2) is 11.4 Å². The Labute approximate surface area is 119 Å². The standard InChI is InChI=1S/C15H23NO2S/c1-4-6-15(14(17)18)7-8-16(10-15)12(3)13-11(2)5-9-19-13/h5,9,12H,4,6-8,10H2,1-3H3,(H,17,18). The molecule has 1 saturated heterocycles. The van der Waals surface area contributed by atoms with Crippen molar-refractivity contribution in [2.75, 3.05) is 13.1 Å². The Morgan fingerprint density at radius 2 is 2.37 bits per heavy atom. The molecular weight excluding hydrogens is 258 g/mol. The summed E-state index contributed by atoms with van der Waals surface area (Å²) in [5.41, 5.74) is 0.801. The van der Waals surface area contributed by atoms with Crippen molar-refractivity contribution in [2.24, 2.45) is 5.41 Å². The van der Waals surface area contributed by atoms with Gasteiger partial charge in [-0.05, 0) is 50.2 Å². The summed E-state index contributed by atoms with van der Waals surface area (Å²) in [4.78, 5) is 15.3. The van der Waals surface area contributed by atoms with Crippen molar-refractivity contribution >= 4 is 17.3 Å². The Kier molecular flexibility index (Phi) is 4.31. The summed E-state index contributed by atoms with van der Waals surface area (Å²) in [5, 5.41) is 11.7. The maximum Gasteiger partial charge on any atom is 0.310 e. The number of hydrogen-bond donors (Lipinski definition) is 1. The van der Waals surface area contributed by atoms with Crippen molar-refractivity contribution in [3.05, 3.63) is 21.9 Å². The molecule has 2 heterocycles. The maximum atomic E-state index is 11.6. The Balaban J connectivity index is 2.13. The van der Waals surface area contributed by atoms with Crippen LogP contribution in [0.4, 0.5) is 0 Å². The van der Waals surface area contributed by atoms with E-state index in [1.54, 1.807) is 11.3 Å². The average molecular weight is 281 g/mol. The number of rotatable bonds is 5. The maximum absolute atomic E-state index is 11.6. The summed E-state index contributed by atoms with van der Waals surface area (Å²) < 4.78 is 0.